The molecule has 148 valence electrons. The first-order valence-corrected chi connectivity index (χ1v) is 10.1. The van der Waals surface area contributed by atoms with E-state index < -0.39 is 11.9 Å². The molecule has 1 heterocycles. The van der Waals surface area contributed by atoms with Gasteiger partial charge in [-0.2, -0.15) is 0 Å². The Hall–Kier alpha value is -3.48. The molecule has 3 aromatic carbocycles. The van der Waals surface area contributed by atoms with Crippen molar-refractivity contribution in [1.82, 2.24) is 0 Å². The fourth-order valence-corrected chi connectivity index (χ4v) is 4.19. The highest BCUT2D eigenvalue weighted by atomic mass is 35.5. The number of rotatable bonds is 5. The fraction of sp³-hybridized carbons (Fsp3) is 0. The van der Waals surface area contributed by atoms with Crippen LogP contribution >= 0.6 is 22.9 Å². The summed E-state index contributed by atoms with van der Waals surface area (Å²) in [6, 6.07) is 20.7. The van der Waals surface area contributed by atoms with Gasteiger partial charge in [0.1, 0.15) is 10.6 Å². The van der Waals surface area contributed by atoms with Crippen LogP contribution in [0.4, 0.5) is 5.69 Å². The van der Waals surface area contributed by atoms with E-state index in [0.29, 0.717) is 26.9 Å². The highest BCUT2D eigenvalue weighted by molar-refractivity contribution is 7.21. The number of aliphatic imine (C=N–C) groups is 1. The summed E-state index contributed by atoms with van der Waals surface area (Å²) < 4.78 is 6.51. The van der Waals surface area contributed by atoms with Crippen molar-refractivity contribution in [3.63, 3.8) is 0 Å². The third kappa shape index (κ3) is 4.10. The van der Waals surface area contributed by atoms with E-state index >= 15 is 0 Å². The second-order valence-electron chi connectivity index (χ2n) is 6.28. The zero-order chi connectivity index (χ0) is 21.1. The molecule has 0 aliphatic heterocycles. The molecule has 0 aliphatic carbocycles. The number of aromatic carboxylic acids is 1. The summed E-state index contributed by atoms with van der Waals surface area (Å²) in [6.45, 7) is 0. The van der Waals surface area contributed by atoms with Gasteiger partial charge in [-0.25, -0.2) is 9.59 Å². The summed E-state index contributed by atoms with van der Waals surface area (Å²) in [5.41, 5.74) is 1.36. The van der Waals surface area contributed by atoms with Gasteiger partial charge in [-0.05, 0) is 42.5 Å². The predicted molar refractivity (Wildman–Crippen MR) is 119 cm³/mol. The van der Waals surface area contributed by atoms with Gasteiger partial charge >= 0.3 is 11.9 Å². The van der Waals surface area contributed by atoms with E-state index in [1.54, 1.807) is 42.6 Å². The Bertz CT molecular complexity index is 1280. The number of ether oxygens (including phenoxy) is 1. The van der Waals surface area contributed by atoms with Gasteiger partial charge in [0, 0.05) is 21.9 Å². The Kier molecular flexibility index (Phi) is 5.61. The van der Waals surface area contributed by atoms with Crippen molar-refractivity contribution < 1.29 is 19.4 Å². The lowest BCUT2D eigenvalue weighted by atomic mass is 10.2. The minimum atomic E-state index is -0.998. The van der Waals surface area contributed by atoms with Crippen molar-refractivity contribution in [2.24, 2.45) is 4.99 Å². The first kappa shape index (κ1) is 19.8. The van der Waals surface area contributed by atoms with Crippen molar-refractivity contribution in [1.29, 1.82) is 0 Å². The number of carboxylic acid groups (broad SMARTS) is 1. The van der Waals surface area contributed by atoms with E-state index in [1.165, 1.54) is 23.5 Å². The topological polar surface area (TPSA) is 76.0 Å². The lowest BCUT2D eigenvalue weighted by Gasteiger charge is -2.06. The molecule has 0 saturated carbocycles. The van der Waals surface area contributed by atoms with E-state index in [2.05, 4.69) is 4.99 Å². The van der Waals surface area contributed by atoms with Crippen molar-refractivity contribution in [2.45, 2.75) is 0 Å². The monoisotopic (exact) mass is 435 g/mol. The Morgan fingerprint density at radius 3 is 2.40 bits per heavy atom. The lowest BCUT2D eigenvalue weighted by Crippen LogP contribution is -2.08. The number of halogens is 1. The average molecular weight is 436 g/mol. The molecule has 1 N–H and O–H groups in total. The molecule has 5 nitrogen and oxygen atoms in total. The summed E-state index contributed by atoms with van der Waals surface area (Å²) in [4.78, 5) is 28.4. The first-order valence-electron chi connectivity index (χ1n) is 8.88. The van der Waals surface area contributed by atoms with Gasteiger partial charge in [0.15, 0.2) is 0 Å². The summed E-state index contributed by atoms with van der Waals surface area (Å²) in [5.74, 6) is -1.18. The molecule has 30 heavy (non-hydrogen) atoms. The first-order chi connectivity index (χ1) is 14.5. The molecule has 0 spiro atoms. The number of nitrogens with zero attached hydrogens (tertiary/aromatic N) is 1. The van der Waals surface area contributed by atoms with Crippen LogP contribution in [0.3, 0.4) is 0 Å². The minimum absolute atomic E-state index is 0.184. The van der Waals surface area contributed by atoms with Crippen LogP contribution in [0.25, 0.3) is 10.1 Å². The number of para-hydroxylation sites is 1. The molecule has 0 radical (unpaired) electrons. The molecule has 7 heteroatoms. The molecule has 1 aromatic heterocycles. The van der Waals surface area contributed by atoms with E-state index in [4.69, 9.17) is 21.4 Å². The van der Waals surface area contributed by atoms with E-state index in [1.807, 2.05) is 24.3 Å². The summed E-state index contributed by atoms with van der Waals surface area (Å²) in [5, 5.41) is 10.2. The normalized spacial score (nSPS) is 11.1. The van der Waals surface area contributed by atoms with Crippen LogP contribution in [0.2, 0.25) is 5.02 Å². The summed E-state index contributed by atoms with van der Waals surface area (Å²) >= 11 is 7.66. The third-order valence-corrected chi connectivity index (χ3v) is 5.96. The molecule has 4 aromatic rings. The molecular weight excluding hydrogens is 422 g/mol. The molecule has 0 aliphatic rings. The number of esters is 1. The van der Waals surface area contributed by atoms with Crippen molar-refractivity contribution in [3.8, 4) is 5.75 Å². The molecular formula is C23H14ClNO4S. The average Bonchev–Trinajstić information content (AvgIpc) is 3.10. The highest BCUT2D eigenvalue weighted by Gasteiger charge is 2.19. The minimum Gasteiger partial charge on any atom is -0.478 e. The smallest absolute Gasteiger partial charge is 0.355 e. The predicted octanol–water partition coefficient (Wildman–Crippen LogP) is 6.22. The van der Waals surface area contributed by atoms with Crippen molar-refractivity contribution in [3.05, 3.63) is 93.8 Å². The van der Waals surface area contributed by atoms with Gasteiger partial charge < -0.3 is 9.84 Å². The number of benzene rings is 3. The standard InChI is InChI=1S/C23H14ClNO4S/c24-20-17-6-2-4-8-19(17)30-21(20)23(28)29-18-7-3-1-5-15(18)13-25-16-11-9-14(10-12-16)22(26)27/h1-13H,(H,26,27). The molecule has 0 fully saturated rings. The number of carbonyl (C=O) groups is 2. The van der Waals surface area contributed by atoms with Crippen LogP contribution in [0.1, 0.15) is 25.6 Å². The molecule has 0 saturated heterocycles. The zero-order valence-electron chi connectivity index (χ0n) is 15.4. The second-order valence-corrected chi connectivity index (χ2v) is 7.71. The van der Waals surface area contributed by atoms with Gasteiger partial charge in [-0.3, -0.25) is 4.99 Å². The quantitative estimate of drug-likeness (QED) is 0.229. The van der Waals surface area contributed by atoms with Crippen molar-refractivity contribution in [2.75, 3.05) is 0 Å². The number of thiophene rings is 1. The third-order valence-electron chi connectivity index (χ3n) is 4.31. The Balaban J connectivity index is 1.57. The highest BCUT2D eigenvalue weighted by Crippen LogP contribution is 2.36. The summed E-state index contributed by atoms with van der Waals surface area (Å²) in [6.07, 6.45) is 1.56. The maximum atomic E-state index is 12.7. The number of hydrogen-bond acceptors (Lipinski definition) is 5. The Labute approximate surface area is 180 Å². The van der Waals surface area contributed by atoms with E-state index in [9.17, 15) is 9.59 Å². The van der Waals surface area contributed by atoms with Crippen LogP contribution in [0.5, 0.6) is 5.75 Å². The van der Waals surface area contributed by atoms with Crippen LogP contribution in [-0.4, -0.2) is 23.3 Å². The maximum Gasteiger partial charge on any atom is 0.355 e. The molecule has 0 amide bonds. The molecule has 0 atom stereocenters. The van der Waals surface area contributed by atoms with Crippen LogP contribution < -0.4 is 4.74 Å². The number of hydrogen-bond donors (Lipinski definition) is 1. The van der Waals surface area contributed by atoms with Crippen molar-refractivity contribution >= 4 is 56.9 Å². The van der Waals surface area contributed by atoms with Crippen LogP contribution in [-0.2, 0) is 0 Å². The zero-order valence-corrected chi connectivity index (χ0v) is 17.0. The number of carboxylic acids is 1. The van der Waals surface area contributed by atoms with Gasteiger partial charge in [0.05, 0.1) is 16.3 Å². The van der Waals surface area contributed by atoms with Gasteiger partial charge in [-0.15, -0.1) is 11.3 Å². The maximum absolute atomic E-state index is 12.7. The van der Waals surface area contributed by atoms with Crippen LogP contribution in [0.15, 0.2) is 77.8 Å². The Morgan fingerprint density at radius 1 is 0.967 bits per heavy atom. The summed E-state index contributed by atoms with van der Waals surface area (Å²) in [7, 11) is 0. The molecule has 0 bridgehead atoms. The SMILES string of the molecule is O=C(O)c1ccc(N=Cc2ccccc2OC(=O)c2sc3ccccc3c2Cl)cc1. The second kappa shape index (κ2) is 8.49. The Morgan fingerprint density at radius 2 is 1.67 bits per heavy atom. The molecule has 4 rings (SSSR count). The van der Waals surface area contributed by atoms with Gasteiger partial charge in [0.2, 0.25) is 0 Å². The number of carbonyl (C=O) groups excluding carboxylic acids is 1. The molecule has 0 unspecified atom stereocenters. The number of fused-ring (bicyclic) bond motifs is 1. The van der Waals surface area contributed by atoms with E-state index in [-0.39, 0.29) is 5.56 Å². The van der Waals surface area contributed by atoms with E-state index in [0.717, 1.165) is 10.1 Å². The fourth-order valence-electron chi connectivity index (χ4n) is 2.81. The lowest BCUT2D eigenvalue weighted by molar-refractivity contribution is 0.0694. The van der Waals surface area contributed by atoms with Gasteiger partial charge in [0.25, 0.3) is 0 Å². The largest absolute Gasteiger partial charge is 0.478 e. The van der Waals surface area contributed by atoms with Crippen LogP contribution in [0, 0.1) is 0 Å². The van der Waals surface area contributed by atoms with Gasteiger partial charge in [-0.1, -0.05) is 41.9 Å².